The lowest BCUT2D eigenvalue weighted by molar-refractivity contribution is -0.215. The van der Waals surface area contributed by atoms with Gasteiger partial charge >= 0.3 is 0 Å². The quantitative estimate of drug-likeness (QED) is 0.803. The van der Waals surface area contributed by atoms with Crippen molar-refractivity contribution in [3.8, 4) is 0 Å². The van der Waals surface area contributed by atoms with E-state index in [9.17, 15) is 15.1 Å². The third-order valence-corrected chi connectivity index (χ3v) is 5.42. The molecule has 0 unspecified atom stereocenters. The van der Waals surface area contributed by atoms with E-state index in [0.717, 1.165) is 21.2 Å². The number of hydrogen-bond donors (Lipinski definition) is 2. The van der Waals surface area contributed by atoms with Crippen LogP contribution in [-0.2, 0) is 9.63 Å². The van der Waals surface area contributed by atoms with Crippen LogP contribution in [0.2, 0.25) is 0 Å². The van der Waals surface area contributed by atoms with Crippen molar-refractivity contribution in [1.82, 2.24) is 10.1 Å². The number of carbonyl (C=O) groups excluding carboxylic acids is 1. The second-order valence-electron chi connectivity index (χ2n) is 6.41. The number of hydroxylamine groups is 4. The molecule has 2 heterocycles. The molecule has 1 aromatic rings. The first kappa shape index (κ1) is 17.4. The Balaban J connectivity index is 2.17. The number of benzene rings is 1. The average Bonchev–Trinajstić information content (AvgIpc) is 2.71. The number of halogens is 1. The van der Waals surface area contributed by atoms with Crippen molar-refractivity contribution in [2.45, 2.75) is 32.2 Å². The first-order chi connectivity index (χ1) is 11.3. The number of carbonyl (C=O) groups is 1. The molecular weight excluding hydrogens is 376 g/mol. The van der Waals surface area contributed by atoms with Crippen LogP contribution in [0.25, 0.3) is 5.57 Å². The van der Waals surface area contributed by atoms with Crippen LogP contribution in [0.5, 0.6) is 0 Å². The molecule has 24 heavy (non-hydrogen) atoms. The maximum atomic E-state index is 13.0. The molecule has 0 atom stereocenters. The van der Waals surface area contributed by atoms with Gasteiger partial charge < -0.3 is 10.3 Å². The fraction of sp³-hybridized carbons (Fsp3) is 0.471. The molecule has 3 rings (SSSR count). The molecule has 0 radical (unpaired) electrons. The summed E-state index contributed by atoms with van der Waals surface area (Å²) in [6.45, 7) is 4.56. The number of aryl methyl sites for hydroxylation is 2. The number of piperidine rings is 1. The van der Waals surface area contributed by atoms with Crippen LogP contribution < -0.4 is 0 Å². The van der Waals surface area contributed by atoms with Gasteiger partial charge in [0.05, 0.1) is 12.7 Å². The first-order valence-electron chi connectivity index (χ1n) is 7.85. The van der Waals surface area contributed by atoms with Crippen molar-refractivity contribution in [3.05, 3.63) is 39.1 Å². The average molecular weight is 397 g/mol. The molecule has 0 aliphatic carbocycles. The van der Waals surface area contributed by atoms with Crippen LogP contribution in [0.1, 0.15) is 29.5 Å². The Labute approximate surface area is 149 Å². The summed E-state index contributed by atoms with van der Waals surface area (Å²) >= 11 is 3.46. The minimum atomic E-state index is -0.910. The van der Waals surface area contributed by atoms with Gasteiger partial charge in [-0.25, -0.2) is 5.06 Å². The Morgan fingerprint density at radius 1 is 1.21 bits per heavy atom. The lowest BCUT2D eigenvalue weighted by Crippen LogP contribution is -2.54. The Morgan fingerprint density at radius 3 is 2.25 bits per heavy atom. The minimum Gasteiger partial charge on any atom is -0.509 e. The lowest BCUT2D eigenvalue weighted by Gasteiger charge is -2.41. The third kappa shape index (κ3) is 2.47. The molecular formula is C17H21BrN2O4. The van der Waals surface area contributed by atoms with Crippen molar-refractivity contribution in [2.24, 2.45) is 0 Å². The Morgan fingerprint density at radius 2 is 1.75 bits per heavy atom. The summed E-state index contributed by atoms with van der Waals surface area (Å²) in [5, 5.41) is 23.1. The molecule has 130 valence electrons. The van der Waals surface area contributed by atoms with E-state index in [1.54, 1.807) is 0 Å². The highest BCUT2D eigenvalue weighted by Gasteiger charge is 2.55. The van der Waals surface area contributed by atoms with E-state index in [0.29, 0.717) is 31.5 Å². The molecule has 0 bridgehead atoms. The number of aliphatic hydroxyl groups is 1. The van der Waals surface area contributed by atoms with E-state index in [1.165, 1.54) is 17.2 Å². The van der Waals surface area contributed by atoms with Crippen molar-refractivity contribution in [3.63, 3.8) is 0 Å². The van der Waals surface area contributed by atoms with Crippen LogP contribution in [0.4, 0.5) is 0 Å². The Hall–Kier alpha value is -1.41. The zero-order chi connectivity index (χ0) is 17.6. The van der Waals surface area contributed by atoms with Crippen LogP contribution in [0.15, 0.2) is 22.4 Å². The summed E-state index contributed by atoms with van der Waals surface area (Å²) in [6.07, 6.45) is 0.820. The molecule has 1 saturated heterocycles. The topological polar surface area (TPSA) is 73.2 Å². The monoisotopic (exact) mass is 396 g/mol. The zero-order valence-electron chi connectivity index (χ0n) is 14.0. The molecule has 0 aromatic heterocycles. The number of aliphatic hydroxyl groups excluding tert-OH is 1. The van der Waals surface area contributed by atoms with E-state index in [-0.39, 0.29) is 11.7 Å². The summed E-state index contributed by atoms with van der Waals surface area (Å²) in [6, 6.07) is 3.85. The smallest absolute Gasteiger partial charge is 0.282 e. The van der Waals surface area contributed by atoms with Crippen molar-refractivity contribution in [2.75, 3.05) is 20.2 Å². The van der Waals surface area contributed by atoms with Gasteiger partial charge in [0.15, 0.2) is 0 Å². The summed E-state index contributed by atoms with van der Waals surface area (Å²) in [5.41, 5.74) is 1.94. The summed E-state index contributed by atoms with van der Waals surface area (Å²) in [7, 11) is 1.43. The van der Waals surface area contributed by atoms with Crippen LogP contribution >= 0.6 is 15.9 Å². The van der Waals surface area contributed by atoms with Gasteiger partial charge in [0.1, 0.15) is 11.3 Å². The summed E-state index contributed by atoms with van der Waals surface area (Å²) in [5.74, 6) is -0.300. The second kappa shape index (κ2) is 6.15. The van der Waals surface area contributed by atoms with E-state index in [1.807, 2.05) is 26.0 Å². The molecule has 2 aliphatic rings. The Bertz CT molecular complexity index is 700. The van der Waals surface area contributed by atoms with Crippen molar-refractivity contribution < 1.29 is 19.9 Å². The molecule has 2 N–H and O–H groups in total. The van der Waals surface area contributed by atoms with Gasteiger partial charge in [-0.05, 0) is 55.5 Å². The van der Waals surface area contributed by atoms with Crippen LogP contribution in [-0.4, -0.2) is 52.1 Å². The molecule has 1 spiro atoms. The predicted molar refractivity (Wildman–Crippen MR) is 92.3 cm³/mol. The minimum absolute atomic E-state index is 0.0379. The third-order valence-electron chi connectivity index (χ3n) is 4.96. The van der Waals surface area contributed by atoms with E-state index in [4.69, 9.17) is 4.84 Å². The summed E-state index contributed by atoms with van der Waals surface area (Å²) in [4.78, 5) is 18.3. The van der Waals surface area contributed by atoms with Gasteiger partial charge in [0.25, 0.3) is 5.91 Å². The van der Waals surface area contributed by atoms with Gasteiger partial charge in [-0.1, -0.05) is 15.9 Å². The van der Waals surface area contributed by atoms with Crippen LogP contribution in [0.3, 0.4) is 0 Å². The van der Waals surface area contributed by atoms with Crippen molar-refractivity contribution in [1.29, 1.82) is 0 Å². The first-order valence-corrected chi connectivity index (χ1v) is 8.64. The maximum absolute atomic E-state index is 13.0. The van der Waals surface area contributed by atoms with Crippen molar-refractivity contribution >= 4 is 27.4 Å². The van der Waals surface area contributed by atoms with E-state index >= 15 is 0 Å². The Kier molecular flexibility index (Phi) is 4.46. The standard InChI is InChI=1S/C17H21BrN2O4/c1-10-8-12(18)9-11(2)13(10)14-15(21)17(20(24-3)16(14)22)4-6-19(23)7-5-17/h8-9,21,23H,4-7H2,1-3H3. The molecule has 1 fully saturated rings. The van der Waals surface area contributed by atoms with E-state index < -0.39 is 5.54 Å². The highest BCUT2D eigenvalue weighted by Crippen LogP contribution is 2.46. The largest absolute Gasteiger partial charge is 0.509 e. The maximum Gasteiger partial charge on any atom is 0.282 e. The molecule has 7 heteroatoms. The van der Waals surface area contributed by atoms with Crippen LogP contribution in [0, 0.1) is 13.8 Å². The second-order valence-corrected chi connectivity index (χ2v) is 7.32. The van der Waals surface area contributed by atoms with Gasteiger partial charge in [-0.15, -0.1) is 0 Å². The molecule has 2 aliphatic heterocycles. The van der Waals surface area contributed by atoms with Gasteiger partial charge in [-0.3, -0.25) is 9.63 Å². The highest BCUT2D eigenvalue weighted by molar-refractivity contribution is 9.10. The SMILES string of the molecule is CON1C(=O)C(c2c(C)cc(Br)cc2C)=C(O)C12CCN(O)CC2. The molecule has 1 amide bonds. The number of amides is 1. The number of hydrogen-bond acceptors (Lipinski definition) is 5. The normalized spacial score (nSPS) is 21.2. The van der Waals surface area contributed by atoms with E-state index in [2.05, 4.69) is 15.9 Å². The lowest BCUT2D eigenvalue weighted by atomic mass is 9.85. The number of rotatable bonds is 2. The fourth-order valence-electron chi connectivity index (χ4n) is 3.82. The molecule has 6 nitrogen and oxygen atoms in total. The predicted octanol–water partition coefficient (Wildman–Crippen LogP) is 2.96. The number of nitrogens with zero attached hydrogens (tertiary/aromatic N) is 2. The van der Waals surface area contributed by atoms with Gasteiger partial charge in [0, 0.05) is 17.6 Å². The highest BCUT2D eigenvalue weighted by atomic mass is 79.9. The fourth-order valence-corrected chi connectivity index (χ4v) is 4.51. The molecule has 1 aromatic carbocycles. The van der Waals surface area contributed by atoms with Gasteiger partial charge in [0.2, 0.25) is 0 Å². The molecule has 0 saturated carbocycles. The zero-order valence-corrected chi connectivity index (χ0v) is 15.6. The van der Waals surface area contributed by atoms with Gasteiger partial charge in [-0.2, -0.15) is 5.06 Å². The summed E-state index contributed by atoms with van der Waals surface area (Å²) < 4.78 is 0.929.